The second-order valence-electron chi connectivity index (χ2n) is 10.2. The Morgan fingerprint density at radius 1 is 0.780 bits per heavy atom. The molecule has 0 saturated carbocycles. The Balaban J connectivity index is 1.53. The molecular weight excluding hydrogens is 532 g/mol. The lowest BCUT2D eigenvalue weighted by Gasteiger charge is -2.28. The van der Waals surface area contributed by atoms with Gasteiger partial charge in [-0.25, -0.2) is 0 Å². The molecule has 0 heterocycles. The van der Waals surface area contributed by atoms with E-state index in [4.69, 9.17) is 0 Å². The molecule has 0 fully saturated rings. The Morgan fingerprint density at radius 3 is 1.71 bits per heavy atom. The quantitative estimate of drug-likeness (QED) is 0.209. The van der Waals surface area contributed by atoms with Crippen LogP contribution in [-0.4, -0.2) is 50.6 Å². The van der Waals surface area contributed by atoms with Crippen molar-refractivity contribution in [2.24, 2.45) is 4.99 Å². The average Bonchev–Trinajstić information content (AvgIpc) is 2.97. The molecule has 3 aromatic carbocycles. The molecule has 0 aliphatic heterocycles. The van der Waals surface area contributed by atoms with Crippen LogP contribution >= 0.6 is 0 Å². The molecule has 0 atom stereocenters. The van der Waals surface area contributed by atoms with Gasteiger partial charge >= 0.3 is 0 Å². The predicted octanol–water partition coefficient (Wildman–Crippen LogP) is 7.33. The number of benzene rings is 3. The summed E-state index contributed by atoms with van der Waals surface area (Å²) >= 11 is 0. The highest BCUT2D eigenvalue weighted by Gasteiger charge is 2.15. The van der Waals surface area contributed by atoms with Gasteiger partial charge in [-0.3, -0.25) is 9.55 Å². The van der Waals surface area contributed by atoms with E-state index in [1.807, 2.05) is 43.3 Å². The van der Waals surface area contributed by atoms with Gasteiger partial charge in [0.2, 0.25) is 0 Å². The van der Waals surface area contributed by atoms with Crippen molar-refractivity contribution in [3.05, 3.63) is 103 Å². The van der Waals surface area contributed by atoms with Crippen LogP contribution in [0.2, 0.25) is 0 Å². The van der Waals surface area contributed by atoms with E-state index in [0.29, 0.717) is 13.0 Å². The number of unbranched alkanes of at least 4 members (excludes halogenated alkanes) is 1. The molecule has 2 N–H and O–H groups in total. The largest absolute Gasteiger partial charge is 0.375 e. The molecular formula is C33H40N4O3S. The highest BCUT2D eigenvalue weighted by molar-refractivity contribution is 7.85. The van der Waals surface area contributed by atoms with Crippen LogP contribution in [0.25, 0.3) is 0 Å². The smallest absolute Gasteiger partial charge is 0.264 e. The van der Waals surface area contributed by atoms with Crippen LogP contribution < -0.4 is 15.1 Å². The maximum atomic E-state index is 11.3. The van der Waals surface area contributed by atoms with E-state index >= 15 is 0 Å². The maximum absolute atomic E-state index is 11.3. The minimum atomic E-state index is -4.01. The van der Waals surface area contributed by atoms with Crippen molar-refractivity contribution in [2.75, 3.05) is 41.0 Å². The van der Waals surface area contributed by atoms with Gasteiger partial charge in [0.05, 0.1) is 17.5 Å². The summed E-state index contributed by atoms with van der Waals surface area (Å²) in [5.74, 6) is -0.273. The molecule has 8 heteroatoms. The van der Waals surface area contributed by atoms with Crippen LogP contribution in [0.4, 0.5) is 28.4 Å². The van der Waals surface area contributed by atoms with Crippen molar-refractivity contribution in [2.45, 2.75) is 39.2 Å². The lowest BCUT2D eigenvalue weighted by molar-refractivity contribution is 0.481. The van der Waals surface area contributed by atoms with Crippen molar-refractivity contribution in [3.63, 3.8) is 0 Å². The first-order valence-corrected chi connectivity index (χ1v) is 15.7. The topological polar surface area (TPSA) is 85.2 Å². The molecule has 41 heavy (non-hydrogen) atoms. The Kier molecular flexibility index (Phi) is 10.4. The lowest BCUT2D eigenvalue weighted by atomic mass is 10.1. The van der Waals surface area contributed by atoms with Gasteiger partial charge in [-0.1, -0.05) is 43.2 Å². The number of rotatable bonds is 13. The van der Waals surface area contributed by atoms with E-state index in [0.717, 1.165) is 59.1 Å². The number of nitrogens with one attached hydrogen (secondary N) is 1. The molecule has 0 bridgehead atoms. The molecule has 3 aromatic rings. The molecule has 0 saturated heterocycles. The number of aliphatic imine (C=N–C) groups is 1. The van der Waals surface area contributed by atoms with E-state index in [2.05, 4.69) is 87.7 Å². The second-order valence-corrected chi connectivity index (χ2v) is 11.8. The summed E-state index contributed by atoms with van der Waals surface area (Å²) in [5, 5.41) is 3.53. The van der Waals surface area contributed by atoms with E-state index < -0.39 is 10.1 Å². The summed E-state index contributed by atoms with van der Waals surface area (Å²) in [6.07, 6.45) is 10.7. The average molecular weight is 573 g/mol. The van der Waals surface area contributed by atoms with Crippen molar-refractivity contribution >= 4 is 44.3 Å². The summed E-state index contributed by atoms with van der Waals surface area (Å²) in [6, 6.07) is 25.2. The van der Waals surface area contributed by atoms with Crippen LogP contribution in [0, 0.1) is 6.92 Å². The molecule has 0 radical (unpaired) electrons. The van der Waals surface area contributed by atoms with Gasteiger partial charge in [-0.05, 0) is 92.6 Å². The predicted molar refractivity (Wildman–Crippen MR) is 173 cm³/mol. The standard InChI is InChI=1S/C33H40N4O3S/c1-4-5-23-36(31-17-13-29(14-18-31)35-28-11-9-27(34-3)10-12-28)32-19-21-33(22-20-32)37(24-6-25-41(38,39)40)30-15-7-26(2)8-16-30/h7-22,28,35H,4-6,23-25H2,1-3H3,(H,38,39,40). The first kappa shape index (κ1) is 30.1. The van der Waals surface area contributed by atoms with Crippen LogP contribution in [0.1, 0.15) is 31.7 Å². The molecule has 4 rings (SSSR count). The van der Waals surface area contributed by atoms with Gasteiger partial charge in [0.25, 0.3) is 10.1 Å². The summed E-state index contributed by atoms with van der Waals surface area (Å²) in [5.41, 5.74) is 7.33. The van der Waals surface area contributed by atoms with Crippen molar-refractivity contribution in [3.8, 4) is 0 Å². The van der Waals surface area contributed by atoms with Crippen molar-refractivity contribution in [1.82, 2.24) is 0 Å². The van der Waals surface area contributed by atoms with Crippen molar-refractivity contribution in [1.29, 1.82) is 0 Å². The summed E-state index contributed by atoms with van der Waals surface area (Å²) in [7, 11) is -2.22. The minimum absolute atomic E-state index is 0.129. The number of anilines is 5. The number of allylic oxidation sites excluding steroid dienone is 2. The Hall–Kier alpha value is -3.88. The fourth-order valence-electron chi connectivity index (χ4n) is 4.77. The Bertz CT molecular complexity index is 1450. The maximum Gasteiger partial charge on any atom is 0.264 e. The van der Waals surface area contributed by atoms with E-state index in [1.165, 1.54) is 0 Å². The molecule has 7 nitrogen and oxygen atoms in total. The molecule has 1 aliphatic rings. The van der Waals surface area contributed by atoms with Gasteiger partial charge in [0.1, 0.15) is 0 Å². The molecule has 1 aliphatic carbocycles. The van der Waals surface area contributed by atoms with Gasteiger partial charge in [0.15, 0.2) is 0 Å². The van der Waals surface area contributed by atoms with Gasteiger partial charge < -0.3 is 15.1 Å². The van der Waals surface area contributed by atoms with Crippen LogP contribution in [0.5, 0.6) is 0 Å². The molecule has 216 valence electrons. The highest BCUT2D eigenvalue weighted by Crippen LogP contribution is 2.32. The van der Waals surface area contributed by atoms with E-state index in [-0.39, 0.29) is 11.8 Å². The second kappa shape index (κ2) is 14.1. The first-order valence-electron chi connectivity index (χ1n) is 14.1. The number of hydrogen-bond donors (Lipinski definition) is 2. The zero-order chi connectivity index (χ0) is 29.2. The summed E-state index contributed by atoms with van der Waals surface area (Å²) in [4.78, 5) is 8.63. The lowest BCUT2D eigenvalue weighted by Crippen LogP contribution is -2.22. The Labute approximate surface area is 244 Å². The summed E-state index contributed by atoms with van der Waals surface area (Å²) < 4.78 is 31.9. The summed E-state index contributed by atoms with van der Waals surface area (Å²) in [6.45, 7) is 5.59. The third-order valence-electron chi connectivity index (χ3n) is 7.06. The molecule has 0 spiro atoms. The minimum Gasteiger partial charge on any atom is -0.375 e. The van der Waals surface area contributed by atoms with Gasteiger partial charge in [0, 0.05) is 48.6 Å². The van der Waals surface area contributed by atoms with Gasteiger partial charge in [-0.15, -0.1) is 0 Å². The monoisotopic (exact) mass is 572 g/mol. The number of aryl methyl sites for hydroxylation is 1. The van der Waals surface area contributed by atoms with E-state index in [9.17, 15) is 13.0 Å². The third-order valence-corrected chi connectivity index (χ3v) is 7.86. The molecule has 0 aromatic heterocycles. The fraction of sp³-hybridized carbons (Fsp3) is 0.303. The number of hydrogen-bond acceptors (Lipinski definition) is 6. The molecule has 0 unspecified atom stereocenters. The fourth-order valence-corrected chi connectivity index (χ4v) is 5.27. The zero-order valence-electron chi connectivity index (χ0n) is 24.1. The third kappa shape index (κ3) is 8.80. The molecule has 0 amide bonds. The number of nitrogens with zero attached hydrogens (tertiary/aromatic N) is 3. The van der Waals surface area contributed by atoms with Crippen molar-refractivity contribution < 1.29 is 13.0 Å². The van der Waals surface area contributed by atoms with Crippen LogP contribution in [-0.2, 0) is 10.1 Å². The SMILES string of the molecule is CCCCN(c1ccc(NC2C=CC(=NC)C=C2)cc1)c1ccc(N(CCCS(=O)(=O)O)c2ccc(C)cc2)cc1. The Morgan fingerprint density at radius 2 is 1.24 bits per heavy atom. The van der Waals surface area contributed by atoms with Gasteiger partial charge in [-0.2, -0.15) is 8.42 Å². The zero-order valence-corrected chi connectivity index (χ0v) is 24.9. The van der Waals surface area contributed by atoms with E-state index in [1.54, 1.807) is 7.05 Å². The van der Waals surface area contributed by atoms with Crippen LogP contribution in [0.15, 0.2) is 102 Å². The highest BCUT2D eigenvalue weighted by atomic mass is 32.2. The normalized spacial score (nSPS) is 14.6. The first-order chi connectivity index (χ1) is 19.8. The van der Waals surface area contributed by atoms with Crippen LogP contribution in [0.3, 0.4) is 0 Å².